The van der Waals surface area contributed by atoms with E-state index in [0.29, 0.717) is 49.7 Å². The molecule has 0 spiro atoms. The number of benzene rings is 2. The highest BCUT2D eigenvalue weighted by atomic mass is 35.5. The van der Waals surface area contributed by atoms with Gasteiger partial charge in [-0.2, -0.15) is 0 Å². The molecule has 1 fully saturated rings. The molecule has 208 valence electrons. The van der Waals surface area contributed by atoms with E-state index in [1.165, 1.54) is 11.2 Å². The van der Waals surface area contributed by atoms with Crippen LogP contribution in [-0.4, -0.2) is 92.1 Å². The van der Waals surface area contributed by atoms with Gasteiger partial charge in [-0.25, -0.2) is 14.8 Å². The van der Waals surface area contributed by atoms with Crippen molar-refractivity contribution < 1.29 is 24.2 Å². The van der Waals surface area contributed by atoms with Crippen LogP contribution in [0.4, 0.5) is 16.4 Å². The van der Waals surface area contributed by atoms with E-state index < -0.39 is 17.9 Å². The molecule has 1 saturated heterocycles. The van der Waals surface area contributed by atoms with E-state index in [1.807, 2.05) is 24.3 Å². The summed E-state index contributed by atoms with van der Waals surface area (Å²) in [4.78, 5) is 54.4. The molecule has 5 rings (SSSR count). The zero-order valence-corrected chi connectivity index (χ0v) is 22.1. The van der Waals surface area contributed by atoms with Crippen molar-refractivity contribution in [2.24, 2.45) is 0 Å². The lowest BCUT2D eigenvalue weighted by atomic mass is 10.2. The van der Waals surface area contributed by atoms with Crippen LogP contribution in [0.5, 0.6) is 5.75 Å². The van der Waals surface area contributed by atoms with Gasteiger partial charge in [-0.3, -0.25) is 19.8 Å². The number of fused-ring (bicyclic) bond motifs is 1. The maximum absolute atomic E-state index is 12.9. The number of aromatic amines is 2. The predicted molar refractivity (Wildman–Crippen MR) is 148 cm³/mol. The molecule has 14 heteroatoms. The molecule has 0 aliphatic carbocycles. The van der Waals surface area contributed by atoms with E-state index in [1.54, 1.807) is 18.2 Å². The van der Waals surface area contributed by atoms with E-state index in [-0.39, 0.29) is 22.4 Å². The Labute approximate surface area is 233 Å². The summed E-state index contributed by atoms with van der Waals surface area (Å²) in [5.41, 5.74) is 1.66. The van der Waals surface area contributed by atoms with Gasteiger partial charge in [0.25, 0.3) is 11.8 Å². The summed E-state index contributed by atoms with van der Waals surface area (Å²) in [6, 6.07) is 12.2. The van der Waals surface area contributed by atoms with Crippen molar-refractivity contribution in [1.82, 2.24) is 29.7 Å². The Morgan fingerprint density at radius 1 is 1.05 bits per heavy atom. The van der Waals surface area contributed by atoms with Crippen LogP contribution in [0.1, 0.15) is 27.4 Å². The lowest BCUT2D eigenvalue weighted by molar-refractivity contribution is 0.0985. The Morgan fingerprint density at radius 3 is 2.60 bits per heavy atom. The molecule has 40 heavy (non-hydrogen) atoms. The van der Waals surface area contributed by atoms with Crippen LogP contribution in [-0.2, 0) is 0 Å². The van der Waals surface area contributed by atoms with Gasteiger partial charge in [-0.1, -0.05) is 23.7 Å². The number of nitrogens with one attached hydrogen (secondary N) is 4. The Bertz CT molecular complexity index is 1500. The van der Waals surface area contributed by atoms with Crippen molar-refractivity contribution in [3.63, 3.8) is 0 Å². The maximum Gasteiger partial charge on any atom is 0.407 e. The Hall–Kier alpha value is -4.62. The first-order valence-electron chi connectivity index (χ1n) is 12.6. The van der Waals surface area contributed by atoms with Gasteiger partial charge in [-0.05, 0) is 30.7 Å². The molecule has 1 aliphatic rings. The van der Waals surface area contributed by atoms with Crippen LogP contribution in [0.2, 0.25) is 5.02 Å². The molecular weight excluding hydrogens is 540 g/mol. The first-order chi connectivity index (χ1) is 19.4. The normalized spacial score (nSPS) is 13.8. The summed E-state index contributed by atoms with van der Waals surface area (Å²) in [5.74, 6) is -0.411. The van der Waals surface area contributed by atoms with Crippen molar-refractivity contribution in [3.05, 3.63) is 65.2 Å². The number of para-hydroxylation sites is 2. The molecule has 3 amide bonds. The van der Waals surface area contributed by atoms with Crippen molar-refractivity contribution in [2.45, 2.75) is 6.42 Å². The molecule has 2 aromatic carbocycles. The number of aromatic nitrogens is 4. The minimum absolute atomic E-state index is 0.0293. The van der Waals surface area contributed by atoms with Crippen molar-refractivity contribution in [3.8, 4) is 5.75 Å². The van der Waals surface area contributed by atoms with Crippen LogP contribution in [0.15, 0.2) is 48.8 Å². The Kier molecular flexibility index (Phi) is 8.12. The number of ether oxygens (including phenoxy) is 1. The highest BCUT2D eigenvalue weighted by Crippen LogP contribution is 2.27. The molecule has 1 aliphatic heterocycles. The van der Waals surface area contributed by atoms with Gasteiger partial charge in [0.2, 0.25) is 5.95 Å². The number of halogens is 1. The molecule has 0 saturated carbocycles. The lowest BCUT2D eigenvalue weighted by Crippen LogP contribution is -2.48. The summed E-state index contributed by atoms with van der Waals surface area (Å²) in [6.45, 7) is 3.66. The summed E-state index contributed by atoms with van der Waals surface area (Å²) in [6.07, 6.45) is 1.14. The molecule has 2 aromatic heterocycles. The number of hydrogen-bond donors (Lipinski definition) is 5. The summed E-state index contributed by atoms with van der Waals surface area (Å²) in [5, 5.41) is 14.6. The fraction of sp³-hybridized carbons (Fsp3) is 0.269. The quantitative estimate of drug-likeness (QED) is 0.192. The SMILES string of the molecule is O=C(Nc1ccc(OCCCN2CCN(C(=O)O)CC2)cc1Cl)c1nc[nH]c1C(=O)Nc1nc2ccccc2[nH]1. The number of imidazole rings is 2. The molecule has 0 bridgehead atoms. The van der Waals surface area contributed by atoms with Crippen LogP contribution in [0, 0.1) is 0 Å². The molecular formula is C26H27ClN8O5. The molecule has 3 heterocycles. The average Bonchev–Trinajstić information content (AvgIpc) is 3.60. The number of nitrogens with zero attached hydrogens (tertiary/aromatic N) is 4. The van der Waals surface area contributed by atoms with Crippen LogP contribution >= 0.6 is 11.6 Å². The number of amides is 3. The van der Waals surface area contributed by atoms with E-state index in [0.717, 1.165) is 18.5 Å². The fourth-order valence-corrected chi connectivity index (χ4v) is 4.55. The van der Waals surface area contributed by atoms with E-state index in [4.69, 9.17) is 21.4 Å². The van der Waals surface area contributed by atoms with Gasteiger partial charge in [-0.15, -0.1) is 0 Å². The molecule has 5 N–H and O–H groups in total. The maximum atomic E-state index is 12.9. The van der Waals surface area contributed by atoms with Crippen LogP contribution in [0.25, 0.3) is 11.0 Å². The molecule has 0 radical (unpaired) electrons. The van der Waals surface area contributed by atoms with Crippen molar-refractivity contribution in [2.75, 3.05) is 50.0 Å². The molecule has 0 unspecified atom stereocenters. The van der Waals surface area contributed by atoms with Gasteiger partial charge in [0.1, 0.15) is 11.4 Å². The number of carbonyl (C=O) groups is 3. The van der Waals surface area contributed by atoms with Gasteiger partial charge < -0.3 is 30.0 Å². The van der Waals surface area contributed by atoms with E-state index in [9.17, 15) is 14.4 Å². The van der Waals surface area contributed by atoms with Gasteiger partial charge >= 0.3 is 6.09 Å². The second-order valence-electron chi connectivity index (χ2n) is 9.09. The Morgan fingerprint density at radius 2 is 1.85 bits per heavy atom. The summed E-state index contributed by atoms with van der Waals surface area (Å²) < 4.78 is 5.79. The van der Waals surface area contributed by atoms with Gasteiger partial charge in [0, 0.05) is 38.8 Å². The van der Waals surface area contributed by atoms with Crippen LogP contribution < -0.4 is 15.4 Å². The minimum atomic E-state index is -0.881. The summed E-state index contributed by atoms with van der Waals surface area (Å²) >= 11 is 6.38. The highest BCUT2D eigenvalue weighted by Gasteiger charge is 2.23. The standard InChI is InChI=1S/C26H27ClN8O5/c27-17-14-16(40-13-3-8-34-9-11-35(12-10-34)26(38)39)6-7-18(17)30-23(36)21-22(29-15-28-21)24(37)33-25-31-19-4-1-2-5-20(19)32-25/h1-2,4-7,14-15H,3,8-13H2,(H,28,29)(H,30,36)(H,38,39)(H2,31,32,33,37). The third-order valence-electron chi connectivity index (χ3n) is 6.42. The molecule has 13 nitrogen and oxygen atoms in total. The fourth-order valence-electron chi connectivity index (χ4n) is 4.33. The second kappa shape index (κ2) is 12.1. The van der Waals surface area contributed by atoms with Gasteiger partial charge in [0.05, 0.1) is 34.7 Å². The lowest BCUT2D eigenvalue weighted by Gasteiger charge is -2.32. The van der Waals surface area contributed by atoms with Crippen molar-refractivity contribution >= 4 is 52.2 Å². The third kappa shape index (κ3) is 6.33. The third-order valence-corrected chi connectivity index (χ3v) is 6.73. The minimum Gasteiger partial charge on any atom is -0.493 e. The zero-order chi connectivity index (χ0) is 28.1. The smallest absolute Gasteiger partial charge is 0.407 e. The number of H-pyrrole nitrogens is 2. The monoisotopic (exact) mass is 566 g/mol. The highest BCUT2D eigenvalue weighted by molar-refractivity contribution is 6.34. The largest absolute Gasteiger partial charge is 0.493 e. The first kappa shape index (κ1) is 27.0. The van der Waals surface area contributed by atoms with Gasteiger partial charge in [0.15, 0.2) is 5.69 Å². The van der Waals surface area contributed by atoms with Crippen molar-refractivity contribution in [1.29, 1.82) is 0 Å². The number of carbonyl (C=O) groups excluding carboxylic acids is 2. The number of rotatable bonds is 9. The number of piperazine rings is 1. The van der Waals surface area contributed by atoms with Crippen LogP contribution in [0.3, 0.4) is 0 Å². The zero-order valence-electron chi connectivity index (χ0n) is 21.3. The number of carboxylic acid groups (broad SMARTS) is 1. The van der Waals surface area contributed by atoms with E-state index in [2.05, 4.69) is 35.5 Å². The topological polar surface area (TPSA) is 169 Å². The van der Waals surface area contributed by atoms with E-state index >= 15 is 0 Å². The number of anilines is 2. The predicted octanol–water partition coefficient (Wildman–Crippen LogP) is 3.51. The summed E-state index contributed by atoms with van der Waals surface area (Å²) in [7, 11) is 0. The first-order valence-corrected chi connectivity index (χ1v) is 13.0. The Balaban J connectivity index is 1.12. The number of hydrogen-bond acceptors (Lipinski definition) is 7. The average molecular weight is 567 g/mol. The second-order valence-corrected chi connectivity index (χ2v) is 9.50. The molecule has 4 aromatic rings. The molecule has 0 atom stereocenters.